The van der Waals surface area contributed by atoms with Gasteiger partial charge in [-0.05, 0) is 24.3 Å². The second kappa shape index (κ2) is 6.95. The van der Waals surface area contributed by atoms with E-state index < -0.39 is 0 Å². The van der Waals surface area contributed by atoms with Crippen LogP contribution in [-0.4, -0.2) is 61.9 Å². The molecule has 2 aliphatic rings. The van der Waals surface area contributed by atoms with E-state index in [1.54, 1.807) is 11.0 Å². The minimum absolute atomic E-state index is 0.247. The van der Waals surface area contributed by atoms with Gasteiger partial charge in [-0.1, -0.05) is 5.16 Å². The summed E-state index contributed by atoms with van der Waals surface area (Å²) in [5.41, 5.74) is 1.86. The molecule has 0 aliphatic carbocycles. The van der Waals surface area contributed by atoms with Crippen molar-refractivity contribution in [3.05, 3.63) is 36.6 Å². The number of amides is 1. The van der Waals surface area contributed by atoms with E-state index in [-0.39, 0.29) is 12.2 Å². The summed E-state index contributed by atoms with van der Waals surface area (Å²) >= 11 is 0. The summed E-state index contributed by atoms with van der Waals surface area (Å²) in [7, 11) is 1.95. The molecule has 1 aromatic carbocycles. The molecule has 1 saturated heterocycles. The molecule has 0 saturated carbocycles. The van der Waals surface area contributed by atoms with Crippen LogP contribution in [0.2, 0.25) is 0 Å². The van der Waals surface area contributed by atoms with Gasteiger partial charge in [-0.2, -0.15) is 5.10 Å². The van der Waals surface area contributed by atoms with E-state index in [4.69, 9.17) is 9.26 Å². The lowest BCUT2D eigenvalue weighted by Crippen LogP contribution is -2.36. The summed E-state index contributed by atoms with van der Waals surface area (Å²) in [6.45, 7) is 2.71. The van der Waals surface area contributed by atoms with Gasteiger partial charge >= 0.3 is 6.09 Å². The Labute approximate surface area is 150 Å². The van der Waals surface area contributed by atoms with Crippen molar-refractivity contribution in [1.29, 1.82) is 0 Å². The minimum Gasteiger partial charge on any atom is -0.442 e. The fourth-order valence-corrected chi connectivity index (χ4v) is 2.90. The number of ether oxygens (including phenoxy) is 1. The SMILES string of the molecule is CN1CCN(c2ccc(N3C[C@H](CNc4ccon4)OC3=O)cc2)C=N1. The van der Waals surface area contributed by atoms with Crippen LogP contribution in [0, 0.1) is 0 Å². The van der Waals surface area contributed by atoms with Crippen LogP contribution in [0.25, 0.3) is 0 Å². The number of hydrogen-bond donors (Lipinski definition) is 1. The highest BCUT2D eigenvalue weighted by Gasteiger charge is 2.32. The number of cyclic esters (lactones) is 1. The van der Waals surface area contributed by atoms with E-state index in [1.807, 2.05) is 42.7 Å². The predicted octanol–water partition coefficient (Wildman–Crippen LogP) is 1.81. The number of rotatable bonds is 5. The smallest absolute Gasteiger partial charge is 0.414 e. The highest BCUT2D eigenvalue weighted by Crippen LogP contribution is 2.25. The van der Waals surface area contributed by atoms with E-state index in [0.29, 0.717) is 18.9 Å². The van der Waals surface area contributed by atoms with Gasteiger partial charge in [0.1, 0.15) is 18.7 Å². The van der Waals surface area contributed by atoms with Gasteiger partial charge in [-0.15, -0.1) is 0 Å². The van der Waals surface area contributed by atoms with Crippen molar-refractivity contribution in [2.24, 2.45) is 5.10 Å². The van der Waals surface area contributed by atoms with Crippen molar-refractivity contribution >= 4 is 29.6 Å². The fourth-order valence-electron chi connectivity index (χ4n) is 2.90. The molecule has 2 aliphatic heterocycles. The van der Waals surface area contributed by atoms with Crippen LogP contribution in [0.1, 0.15) is 0 Å². The number of likely N-dealkylation sites (N-methyl/N-ethyl adjacent to an activating group) is 1. The van der Waals surface area contributed by atoms with Gasteiger partial charge in [0.25, 0.3) is 0 Å². The molecule has 0 radical (unpaired) electrons. The lowest BCUT2D eigenvalue weighted by Gasteiger charge is -2.27. The summed E-state index contributed by atoms with van der Waals surface area (Å²) < 4.78 is 10.2. The Balaban J connectivity index is 1.38. The zero-order valence-electron chi connectivity index (χ0n) is 14.4. The van der Waals surface area contributed by atoms with Crippen LogP contribution in [0.3, 0.4) is 0 Å². The van der Waals surface area contributed by atoms with Crippen molar-refractivity contribution in [3.63, 3.8) is 0 Å². The molecule has 9 heteroatoms. The highest BCUT2D eigenvalue weighted by molar-refractivity contribution is 5.90. The molecule has 3 heterocycles. The number of hydrogen-bond acceptors (Lipinski definition) is 8. The Morgan fingerprint density at radius 2 is 2.00 bits per heavy atom. The van der Waals surface area contributed by atoms with Crippen molar-refractivity contribution in [3.8, 4) is 0 Å². The molecule has 26 heavy (non-hydrogen) atoms. The number of aromatic nitrogens is 1. The first kappa shape index (κ1) is 16.2. The molecule has 1 fully saturated rings. The van der Waals surface area contributed by atoms with E-state index in [1.165, 1.54) is 6.26 Å². The van der Waals surface area contributed by atoms with Crippen molar-refractivity contribution in [2.75, 3.05) is 48.3 Å². The molecule has 0 bridgehead atoms. The van der Waals surface area contributed by atoms with Crippen LogP contribution in [-0.2, 0) is 4.74 Å². The topological polar surface area (TPSA) is 86.4 Å². The first-order chi connectivity index (χ1) is 12.7. The first-order valence-corrected chi connectivity index (χ1v) is 8.43. The van der Waals surface area contributed by atoms with E-state index in [9.17, 15) is 4.79 Å². The summed E-state index contributed by atoms with van der Waals surface area (Å²) in [6.07, 6.45) is 2.71. The van der Waals surface area contributed by atoms with Gasteiger partial charge in [0.2, 0.25) is 0 Å². The number of carbonyl (C=O) groups excluding carboxylic acids is 1. The van der Waals surface area contributed by atoms with Crippen molar-refractivity contribution in [2.45, 2.75) is 6.10 Å². The molecular weight excluding hydrogens is 336 g/mol. The monoisotopic (exact) mass is 356 g/mol. The Kier molecular flexibility index (Phi) is 4.34. The van der Waals surface area contributed by atoms with Crippen molar-refractivity contribution in [1.82, 2.24) is 10.2 Å². The van der Waals surface area contributed by atoms with Gasteiger partial charge in [0.05, 0.1) is 19.6 Å². The van der Waals surface area contributed by atoms with Crippen LogP contribution in [0.15, 0.2) is 46.2 Å². The molecule has 1 aromatic heterocycles. The van der Waals surface area contributed by atoms with Crippen molar-refractivity contribution < 1.29 is 14.1 Å². The lowest BCUT2D eigenvalue weighted by molar-refractivity contribution is 0.147. The molecule has 4 rings (SSSR count). The predicted molar refractivity (Wildman–Crippen MR) is 97.5 cm³/mol. The van der Waals surface area contributed by atoms with Gasteiger partial charge in [0, 0.05) is 31.0 Å². The first-order valence-electron chi connectivity index (χ1n) is 8.43. The number of hydrazone groups is 1. The highest BCUT2D eigenvalue weighted by atomic mass is 16.6. The largest absolute Gasteiger partial charge is 0.442 e. The number of nitrogens with one attached hydrogen (secondary N) is 1. The average Bonchev–Trinajstić information content (AvgIpc) is 3.30. The summed E-state index contributed by atoms with van der Waals surface area (Å²) in [6, 6.07) is 9.54. The fraction of sp³-hybridized carbons (Fsp3) is 0.353. The molecule has 1 atom stereocenters. The second-order valence-corrected chi connectivity index (χ2v) is 6.20. The third-order valence-electron chi connectivity index (χ3n) is 4.37. The summed E-state index contributed by atoms with van der Waals surface area (Å²) in [5.74, 6) is 0.623. The van der Waals surface area contributed by atoms with Crippen LogP contribution in [0.4, 0.5) is 22.0 Å². The number of benzene rings is 1. The second-order valence-electron chi connectivity index (χ2n) is 6.20. The number of carbonyl (C=O) groups is 1. The van der Waals surface area contributed by atoms with Crippen LogP contribution in [0.5, 0.6) is 0 Å². The number of anilines is 3. The van der Waals surface area contributed by atoms with Gasteiger partial charge in [-0.25, -0.2) is 4.79 Å². The molecule has 0 spiro atoms. The van der Waals surface area contributed by atoms with Gasteiger partial charge in [-0.3, -0.25) is 9.91 Å². The maximum atomic E-state index is 12.2. The van der Waals surface area contributed by atoms with Gasteiger partial charge in [0.15, 0.2) is 5.82 Å². The third-order valence-corrected chi connectivity index (χ3v) is 4.37. The molecule has 2 aromatic rings. The third kappa shape index (κ3) is 3.41. The Hall–Kier alpha value is -3.23. The molecular formula is C17H20N6O3. The normalized spacial score (nSPS) is 19.8. The number of nitrogens with zero attached hydrogens (tertiary/aromatic N) is 5. The molecule has 1 amide bonds. The summed E-state index contributed by atoms with van der Waals surface area (Å²) in [5, 5.41) is 13.0. The quantitative estimate of drug-likeness (QED) is 0.874. The Bertz CT molecular complexity index is 776. The molecule has 136 valence electrons. The lowest BCUT2D eigenvalue weighted by atomic mass is 10.2. The zero-order chi connectivity index (χ0) is 17.9. The van der Waals surface area contributed by atoms with E-state index in [2.05, 4.69) is 20.5 Å². The standard InChI is InChI=1S/C17H20N6O3/c1-21-7-8-22(12-19-21)13-2-4-14(5-3-13)23-11-15(26-17(23)24)10-18-16-6-9-25-20-16/h2-6,9,12,15H,7-8,10-11H2,1H3,(H,18,20)/t15-/m0/s1. The average molecular weight is 356 g/mol. The van der Waals surface area contributed by atoms with E-state index >= 15 is 0 Å². The maximum Gasteiger partial charge on any atom is 0.414 e. The Morgan fingerprint density at radius 1 is 1.19 bits per heavy atom. The van der Waals surface area contributed by atoms with E-state index in [0.717, 1.165) is 24.5 Å². The zero-order valence-corrected chi connectivity index (χ0v) is 14.4. The molecule has 0 unspecified atom stereocenters. The molecule has 9 nitrogen and oxygen atoms in total. The minimum atomic E-state index is -0.342. The van der Waals surface area contributed by atoms with Gasteiger partial charge < -0.3 is 19.5 Å². The Morgan fingerprint density at radius 3 is 2.69 bits per heavy atom. The summed E-state index contributed by atoms with van der Waals surface area (Å²) in [4.78, 5) is 15.9. The van der Waals surface area contributed by atoms with Crippen LogP contribution >= 0.6 is 0 Å². The van der Waals surface area contributed by atoms with Crippen LogP contribution < -0.4 is 15.1 Å². The molecule has 1 N–H and O–H groups in total. The maximum absolute atomic E-state index is 12.2.